The Balaban J connectivity index is 1.12. The molecule has 0 aliphatic heterocycles. The summed E-state index contributed by atoms with van der Waals surface area (Å²) in [6.07, 6.45) is 0. The van der Waals surface area contributed by atoms with Crippen molar-refractivity contribution in [1.29, 1.82) is 0 Å². The van der Waals surface area contributed by atoms with Crippen LogP contribution in [0.3, 0.4) is 0 Å². The summed E-state index contributed by atoms with van der Waals surface area (Å²) in [5.41, 5.74) is 15.5. The Hall–Kier alpha value is -8.21. The minimum Gasteiger partial charge on any atom is -0.309 e. The number of benzene rings is 9. The van der Waals surface area contributed by atoms with Crippen LogP contribution < -0.4 is 0 Å². The average Bonchev–Trinajstić information content (AvgIpc) is 3.85. The Bertz CT molecular complexity index is 3350. The Labute approximate surface area is 360 Å². The van der Waals surface area contributed by atoms with Gasteiger partial charge in [0.15, 0.2) is 17.5 Å². The zero-order valence-electron chi connectivity index (χ0n) is 33.7. The molecule has 0 bridgehead atoms. The molecule has 1 aliphatic rings. The lowest BCUT2D eigenvalue weighted by atomic mass is 9.67. The molecule has 4 nitrogen and oxygen atoms in total. The van der Waals surface area contributed by atoms with Gasteiger partial charge < -0.3 is 4.57 Å². The molecule has 0 radical (unpaired) electrons. The SMILES string of the molecule is c1ccc(-c2ccc3c(c2)c2ccc(C4(c5ccccc5)c5ccccc5-c5ccccc54)cc2n3-c2cccc(-c3nc(-c4ccccc4)nc(-c4ccccc4)n3)c2)cc1. The molecule has 11 aromatic rings. The van der Waals surface area contributed by atoms with E-state index < -0.39 is 5.41 Å². The van der Waals surface area contributed by atoms with E-state index in [2.05, 4.69) is 174 Å². The smallest absolute Gasteiger partial charge is 0.164 e. The molecule has 0 spiro atoms. The van der Waals surface area contributed by atoms with Crippen LogP contribution in [0, 0.1) is 0 Å². The molecule has 2 heterocycles. The van der Waals surface area contributed by atoms with Crippen LogP contribution in [0.2, 0.25) is 0 Å². The van der Waals surface area contributed by atoms with Crippen molar-refractivity contribution in [3.63, 3.8) is 0 Å². The van der Waals surface area contributed by atoms with Gasteiger partial charge in [0.05, 0.1) is 16.4 Å². The normalized spacial score (nSPS) is 12.6. The van der Waals surface area contributed by atoms with E-state index in [0.717, 1.165) is 33.4 Å². The second-order valence-electron chi connectivity index (χ2n) is 16.0. The lowest BCUT2D eigenvalue weighted by Gasteiger charge is -2.34. The highest BCUT2D eigenvalue weighted by atomic mass is 15.0. The highest BCUT2D eigenvalue weighted by molar-refractivity contribution is 6.11. The largest absolute Gasteiger partial charge is 0.309 e. The third kappa shape index (κ3) is 5.65. The van der Waals surface area contributed by atoms with E-state index in [4.69, 9.17) is 15.0 Å². The molecule has 0 saturated heterocycles. The molecule has 9 aromatic carbocycles. The van der Waals surface area contributed by atoms with E-state index >= 15 is 0 Å². The number of aromatic nitrogens is 4. The van der Waals surface area contributed by atoms with Crippen molar-refractivity contribution < 1.29 is 0 Å². The molecule has 0 fully saturated rings. The van der Waals surface area contributed by atoms with E-state index in [1.165, 1.54) is 55.3 Å². The van der Waals surface area contributed by atoms with Gasteiger partial charge >= 0.3 is 0 Å². The Morgan fingerprint density at radius 1 is 0.306 bits per heavy atom. The van der Waals surface area contributed by atoms with Gasteiger partial charge in [0.2, 0.25) is 0 Å². The van der Waals surface area contributed by atoms with Gasteiger partial charge in [-0.25, -0.2) is 15.0 Å². The van der Waals surface area contributed by atoms with Crippen molar-refractivity contribution >= 4 is 21.8 Å². The first-order valence-corrected chi connectivity index (χ1v) is 21.1. The van der Waals surface area contributed by atoms with Gasteiger partial charge in [-0.15, -0.1) is 0 Å². The van der Waals surface area contributed by atoms with Crippen molar-refractivity contribution in [3.05, 3.63) is 253 Å². The molecule has 62 heavy (non-hydrogen) atoms. The number of fused-ring (bicyclic) bond motifs is 6. The third-order valence-electron chi connectivity index (χ3n) is 12.5. The Morgan fingerprint density at radius 3 is 1.44 bits per heavy atom. The summed E-state index contributed by atoms with van der Waals surface area (Å²) in [5.74, 6) is 1.89. The van der Waals surface area contributed by atoms with Gasteiger partial charge in [0, 0.05) is 33.2 Å². The molecular formula is C58H38N4. The van der Waals surface area contributed by atoms with Gasteiger partial charge in [-0.1, -0.05) is 200 Å². The number of hydrogen-bond acceptors (Lipinski definition) is 3. The predicted octanol–water partition coefficient (Wildman–Crippen LogP) is 14.0. The first-order chi connectivity index (χ1) is 30.7. The van der Waals surface area contributed by atoms with Crippen LogP contribution in [0.1, 0.15) is 22.3 Å². The summed E-state index contributed by atoms with van der Waals surface area (Å²) in [6, 6.07) is 82.5. The fourth-order valence-electron chi connectivity index (χ4n) is 9.78. The van der Waals surface area contributed by atoms with Gasteiger partial charge in [-0.05, 0) is 74.8 Å². The van der Waals surface area contributed by atoms with Crippen LogP contribution in [0.4, 0.5) is 0 Å². The maximum Gasteiger partial charge on any atom is 0.164 e. The van der Waals surface area contributed by atoms with Gasteiger partial charge in [0.1, 0.15) is 0 Å². The molecular weight excluding hydrogens is 753 g/mol. The molecule has 1 aliphatic carbocycles. The average molecular weight is 791 g/mol. The summed E-state index contributed by atoms with van der Waals surface area (Å²) < 4.78 is 2.43. The number of hydrogen-bond donors (Lipinski definition) is 0. The van der Waals surface area contributed by atoms with E-state index in [0.29, 0.717) is 17.5 Å². The van der Waals surface area contributed by atoms with Gasteiger partial charge in [-0.2, -0.15) is 0 Å². The van der Waals surface area contributed by atoms with E-state index in [-0.39, 0.29) is 0 Å². The van der Waals surface area contributed by atoms with Crippen LogP contribution >= 0.6 is 0 Å². The van der Waals surface area contributed by atoms with Crippen molar-refractivity contribution in [2.75, 3.05) is 0 Å². The molecule has 0 amide bonds. The highest BCUT2D eigenvalue weighted by Gasteiger charge is 2.46. The molecule has 0 N–H and O–H groups in total. The zero-order chi connectivity index (χ0) is 41.0. The molecule has 290 valence electrons. The zero-order valence-corrected chi connectivity index (χ0v) is 33.7. The molecule has 12 rings (SSSR count). The summed E-state index contributed by atoms with van der Waals surface area (Å²) >= 11 is 0. The van der Waals surface area contributed by atoms with Gasteiger partial charge in [0.25, 0.3) is 0 Å². The maximum atomic E-state index is 5.11. The second-order valence-corrected chi connectivity index (χ2v) is 16.0. The fraction of sp³-hybridized carbons (Fsp3) is 0.0172. The lowest BCUT2D eigenvalue weighted by Crippen LogP contribution is -2.28. The quantitative estimate of drug-likeness (QED) is 0.161. The first kappa shape index (κ1) is 35.7. The summed E-state index contributed by atoms with van der Waals surface area (Å²) in [5, 5.41) is 2.38. The second kappa shape index (κ2) is 14.5. The van der Waals surface area contributed by atoms with Crippen LogP contribution in [0.5, 0.6) is 0 Å². The van der Waals surface area contributed by atoms with Crippen molar-refractivity contribution in [2.45, 2.75) is 5.41 Å². The number of rotatable bonds is 7. The molecule has 0 unspecified atom stereocenters. The van der Waals surface area contributed by atoms with Crippen LogP contribution in [0.15, 0.2) is 231 Å². The monoisotopic (exact) mass is 790 g/mol. The minimum absolute atomic E-state index is 0.534. The van der Waals surface area contributed by atoms with Crippen molar-refractivity contribution in [2.24, 2.45) is 0 Å². The van der Waals surface area contributed by atoms with Gasteiger partial charge in [-0.3, -0.25) is 0 Å². The summed E-state index contributed by atoms with van der Waals surface area (Å²) in [7, 11) is 0. The topological polar surface area (TPSA) is 43.6 Å². The number of nitrogens with zero attached hydrogens (tertiary/aromatic N) is 4. The van der Waals surface area contributed by atoms with Crippen LogP contribution in [-0.4, -0.2) is 19.5 Å². The van der Waals surface area contributed by atoms with E-state index in [1.807, 2.05) is 60.7 Å². The van der Waals surface area contributed by atoms with Crippen LogP contribution in [-0.2, 0) is 5.41 Å². The maximum absolute atomic E-state index is 5.11. The third-order valence-corrected chi connectivity index (χ3v) is 12.5. The Morgan fingerprint density at radius 2 is 0.823 bits per heavy atom. The molecule has 4 heteroatoms. The summed E-state index contributed by atoms with van der Waals surface area (Å²) in [6.45, 7) is 0. The van der Waals surface area contributed by atoms with E-state index in [1.54, 1.807) is 0 Å². The van der Waals surface area contributed by atoms with Crippen molar-refractivity contribution in [1.82, 2.24) is 19.5 Å². The molecule has 2 aromatic heterocycles. The Kier molecular flexibility index (Phi) is 8.36. The molecule has 0 atom stereocenters. The fourth-order valence-corrected chi connectivity index (χ4v) is 9.78. The van der Waals surface area contributed by atoms with E-state index in [9.17, 15) is 0 Å². The predicted molar refractivity (Wildman–Crippen MR) is 253 cm³/mol. The standard InChI is InChI=1S/C58H38N4/c1-5-18-39(19-6-1)42-32-35-53-50(37-42)49-34-33-45(58(44-25-11-4-12-26-44)51-30-15-13-28-47(51)48-29-14-16-31-52(48)58)38-54(49)62(53)46-27-17-24-43(36-46)57-60-55(40-20-7-2-8-21-40)59-56(61-57)41-22-9-3-10-23-41/h1-38H. The van der Waals surface area contributed by atoms with Crippen LogP contribution in [0.25, 0.3) is 83.9 Å². The summed E-state index contributed by atoms with van der Waals surface area (Å²) in [4.78, 5) is 15.2. The molecule has 0 saturated carbocycles. The lowest BCUT2D eigenvalue weighted by molar-refractivity contribution is 0.769. The highest BCUT2D eigenvalue weighted by Crippen LogP contribution is 2.56. The van der Waals surface area contributed by atoms with Crippen molar-refractivity contribution in [3.8, 4) is 62.1 Å². The first-order valence-electron chi connectivity index (χ1n) is 21.1. The minimum atomic E-state index is -0.534.